The van der Waals surface area contributed by atoms with Gasteiger partial charge in [0.15, 0.2) is 0 Å². The molecule has 0 aliphatic heterocycles. The van der Waals surface area contributed by atoms with E-state index in [1.165, 1.54) is 5.56 Å². The van der Waals surface area contributed by atoms with E-state index in [0.29, 0.717) is 5.92 Å². The molecule has 0 amide bonds. The van der Waals surface area contributed by atoms with Crippen molar-refractivity contribution in [3.63, 3.8) is 0 Å². The van der Waals surface area contributed by atoms with Crippen molar-refractivity contribution >= 4 is 0 Å². The van der Waals surface area contributed by atoms with Crippen molar-refractivity contribution in [2.45, 2.75) is 19.8 Å². The van der Waals surface area contributed by atoms with Gasteiger partial charge >= 0.3 is 0 Å². The SMILES string of the molecule is CC(C)c1ccncc1.[N]. The van der Waals surface area contributed by atoms with E-state index in [0.717, 1.165) is 0 Å². The highest BCUT2D eigenvalue weighted by Crippen LogP contribution is 2.10. The maximum Gasteiger partial charge on any atom is 0.0270 e. The fraction of sp³-hybridized carbons (Fsp3) is 0.375. The van der Waals surface area contributed by atoms with Crippen molar-refractivity contribution in [3.05, 3.63) is 30.1 Å². The Kier molecular flexibility index (Phi) is 3.65. The Bertz CT molecular complexity index is 170. The van der Waals surface area contributed by atoms with Gasteiger partial charge in [0.1, 0.15) is 0 Å². The van der Waals surface area contributed by atoms with Crippen LogP contribution in [0.15, 0.2) is 24.5 Å². The third-order valence-electron chi connectivity index (χ3n) is 1.37. The standard InChI is InChI=1S/C8H11N.N/c1-7(2)8-3-5-9-6-4-8;/h3-7H,1-2H3;. The van der Waals surface area contributed by atoms with Gasteiger partial charge in [-0.2, -0.15) is 0 Å². The molecule has 53 valence electrons. The van der Waals surface area contributed by atoms with Crippen LogP contribution in [0.1, 0.15) is 25.3 Å². The monoisotopic (exact) mass is 135 g/mol. The molecule has 0 aliphatic carbocycles. The molecule has 2 nitrogen and oxygen atoms in total. The van der Waals surface area contributed by atoms with Crippen molar-refractivity contribution in [2.24, 2.45) is 0 Å². The summed E-state index contributed by atoms with van der Waals surface area (Å²) in [7, 11) is 0. The first-order valence-corrected chi connectivity index (χ1v) is 3.20. The van der Waals surface area contributed by atoms with Crippen LogP contribution in [0.25, 0.3) is 0 Å². The zero-order valence-electron chi connectivity index (χ0n) is 6.28. The van der Waals surface area contributed by atoms with E-state index < -0.39 is 0 Å². The third-order valence-corrected chi connectivity index (χ3v) is 1.37. The number of aromatic nitrogens is 1. The Hall–Kier alpha value is -0.890. The van der Waals surface area contributed by atoms with Gasteiger partial charge in [-0.3, -0.25) is 4.98 Å². The van der Waals surface area contributed by atoms with Gasteiger partial charge in [0.2, 0.25) is 0 Å². The molecular weight excluding hydrogens is 124 g/mol. The molecule has 1 aromatic rings. The van der Waals surface area contributed by atoms with Gasteiger partial charge < -0.3 is 0 Å². The molecule has 0 unspecified atom stereocenters. The average Bonchev–Trinajstić information content (AvgIpc) is 1.90. The van der Waals surface area contributed by atoms with Gasteiger partial charge in [-0.1, -0.05) is 13.8 Å². The van der Waals surface area contributed by atoms with E-state index in [1.54, 1.807) is 0 Å². The first-order chi connectivity index (χ1) is 4.30. The molecule has 0 N–H and O–H groups in total. The maximum absolute atomic E-state index is 3.93. The van der Waals surface area contributed by atoms with Crippen LogP contribution in [-0.4, -0.2) is 4.98 Å². The van der Waals surface area contributed by atoms with Crippen molar-refractivity contribution in [1.29, 1.82) is 0 Å². The van der Waals surface area contributed by atoms with Crippen LogP contribution in [0.5, 0.6) is 0 Å². The summed E-state index contributed by atoms with van der Waals surface area (Å²) in [6.45, 7) is 4.35. The highest BCUT2D eigenvalue weighted by Gasteiger charge is 1.93. The van der Waals surface area contributed by atoms with E-state index >= 15 is 0 Å². The number of hydrogen-bond donors (Lipinski definition) is 0. The van der Waals surface area contributed by atoms with Crippen LogP contribution in [0, 0.1) is 0 Å². The molecule has 10 heavy (non-hydrogen) atoms. The molecule has 1 heterocycles. The molecule has 0 aromatic carbocycles. The summed E-state index contributed by atoms with van der Waals surface area (Å²) in [6.07, 6.45) is 3.66. The largest absolute Gasteiger partial charge is 0.265 e. The van der Waals surface area contributed by atoms with E-state index in [1.807, 2.05) is 24.5 Å². The Morgan fingerprint density at radius 3 is 2.00 bits per heavy atom. The summed E-state index contributed by atoms with van der Waals surface area (Å²) < 4.78 is 0. The molecule has 1 rings (SSSR count). The van der Waals surface area contributed by atoms with E-state index in [-0.39, 0.29) is 6.15 Å². The molecular formula is C8H11N2. The molecule has 0 saturated heterocycles. The summed E-state index contributed by atoms with van der Waals surface area (Å²) in [6, 6.07) is 4.09. The lowest BCUT2D eigenvalue weighted by molar-refractivity contribution is 0.863. The van der Waals surface area contributed by atoms with Crippen molar-refractivity contribution in [1.82, 2.24) is 11.1 Å². The Balaban J connectivity index is 0.000000810. The molecule has 1 aromatic heterocycles. The lowest BCUT2D eigenvalue weighted by Crippen LogP contribution is -1.85. The molecule has 0 spiro atoms. The van der Waals surface area contributed by atoms with Crippen LogP contribution >= 0.6 is 0 Å². The Morgan fingerprint density at radius 2 is 1.70 bits per heavy atom. The van der Waals surface area contributed by atoms with E-state index in [4.69, 9.17) is 0 Å². The number of hydrogen-bond acceptors (Lipinski definition) is 1. The molecule has 0 fully saturated rings. The first kappa shape index (κ1) is 9.11. The lowest BCUT2D eigenvalue weighted by Gasteiger charge is -2.01. The minimum absolute atomic E-state index is 0. The predicted octanol–water partition coefficient (Wildman–Crippen LogP) is 1.72. The van der Waals surface area contributed by atoms with Gasteiger partial charge in [-0.15, -0.1) is 0 Å². The number of nitrogens with zero attached hydrogens (tertiary/aromatic N) is 2. The van der Waals surface area contributed by atoms with Crippen molar-refractivity contribution in [3.8, 4) is 0 Å². The fourth-order valence-electron chi connectivity index (χ4n) is 0.748. The Labute approximate surface area is 61.9 Å². The molecule has 2 heteroatoms. The summed E-state index contributed by atoms with van der Waals surface area (Å²) in [5.74, 6) is 0.619. The second-order valence-electron chi connectivity index (χ2n) is 2.44. The predicted molar refractivity (Wildman–Crippen MR) is 40.5 cm³/mol. The summed E-state index contributed by atoms with van der Waals surface area (Å²) >= 11 is 0. The van der Waals surface area contributed by atoms with Crippen LogP contribution < -0.4 is 6.15 Å². The quantitative estimate of drug-likeness (QED) is 0.578. The average molecular weight is 135 g/mol. The zero-order valence-corrected chi connectivity index (χ0v) is 6.28. The van der Waals surface area contributed by atoms with Crippen LogP contribution in [0.3, 0.4) is 0 Å². The summed E-state index contributed by atoms with van der Waals surface area (Å²) in [5.41, 5.74) is 1.35. The van der Waals surface area contributed by atoms with Crippen molar-refractivity contribution < 1.29 is 0 Å². The zero-order chi connectivity index (χ0) is 6.69. The van der Waals surface area contributed by atoms with Crippen molar-refractivity contribution in [2.75, 3.05) is 0 Å². The summed E-state index contributed by atoms with van der Waals surface area (Å²) in [4.78, 5) is 3.93. The van der Waals surface area contributed by atoms with Gasteiger partial charge in [0.25, 0.3) is 0 Å². The van der Waals surface area contributed by atoms with Crippen LogP contribution in [0.2, 0.25) is 0 Å². The number of rotatable bonds is 1. The smallest absolute Gasteiger partial charge is 0.0270 e. The highest BCUT2D eigenvalue weighted by molar-refractivity contribution is 5.13. The topological polar surface area (TPSA) is 43.4 Å². The van der Waals surface area contributed by atoms with Gasteiger partial charge in [-0.25, -0.2) is 0 Å². The molecule has 3 radical (unpaired) electrons. The minimum Gasteiger partial charge on any atom is -0.265 e. The summed E-state index contributed by atoms with van der Waals surface area (Å²) in [5, 5.41) is 0. The van der Waals surface area contributed by atoms with Gasteiger partial charge in [-0.05, 0) is 23.6 Å². The van der Waals surface area contributed by atoms with Crippen LogP contribution in [-0.2, 0) is 0 Å². The second-order valence-corrected chi connectivity index (χ2v) is 2.44. The molecule has 0 saturated carbocycles. The highest BCUT2D eigenvalue weighted by atomic mass is 14.6. The second kappa shape index (κ2) is 4.01. The molecule has 0 bridgehead atoms. The minimum atomic E-state index is 0. The van der Waals surface area contributed by atoms with Crippen LogP contribution in [0.4, 0.5) is 0 Å². The normalized spacial score (nSPS) is 9.10. The van der Waals surface area contributed by atoms with Gasteiger partial charge in [0, 0.05) is 18.5 Å². The first-order valence-electron chi connectivity index (χ1n) is 3.20. The molecule has 0 aliphatic rings. The van der Waals surface area contributed by atoms with Gasteiger partial charge in [0.05, 0.1) is 0 Å². The van der Waals surface area contributed by atoms with E-state index in [2.05, 4.69) is 18.8 Å². The Morgan fingerprint density at radius 1 is 1.20 bits per heavy atom. The maximum atomic E-state index is 3.93. The van der Waals surface area contributed by atoms with E-state index in [9.17, 15) is 0 Å². The third kappa shape index (κ3) is 2.15. The fourth-order valence-corrected chi connectivity index (χ4v) is 0.748. The lowest BCUT2D eigenvalue weighted by atomic mass is 10.1. The molecule has 0 atom stereocenters. The number of pyridine rings is 1.